The van der Waals surface area contributed by atoms with E-state index in [-0.39, 0.29) is 31.5 Å². The van der Waals surface area contributed by atoms with Crippen LogP contribution in [0.4, 0.5) is 0 Å². The van der Waals surface area contributed by atoms with Crippen molar-refractivity contribution < 1.29 is 37.3 Å². The van der Waals surface area contributed by atoms with Crippen LogP contribution in [0.3, 0.4) is 0 Å². The number of phosphoric acid groups is 1. The van der Waals surface area contributed by atoms with Gasteiger partial charge >= 0.3 is 13.8 Å². The van der Waals surface area contributed by atoms with Crippen LogP contribution < -0.4 is 5.32 Å². The first-order chi connectivity index (χ1) is 36.4. The average molecular weight is 1070 g/mol. The molecule has 1 amide bonds. The molecule has 3 unspecified atom stereocenters. The summed E-state index contributed by atoms with van der Waals surface area (Å²) < 4.78 is 30.6. The lowest BCUT2D eigenvalue weighted by Crippen LogP contribution is -2.47. The predicted octanol–water partition coefficient (Wildman–Crippen LogP) is 19.0. The first kappa shape index (κ1) is 72.2. The molecule has 0 aromatic rings. The number of amides is 1. The largest absolute Gasteiger partial charge is 0.472 e. The lowest BCUT2D eigenvalue weighted by molar-refractivity contribution is -0.870. The average Bonchev–Trinajstić information content (AvgIpc) is 3.37. The van der Waals surface area contributed by atoms with Crippen LogP contribution in [0.2, 0.25) is 0 Å². The third-order valence-corrected chi connectivity index (χ3v) is 14.3. The third-order valence-electron chi connectivity index (χ3n) is 13.3. The normalized spacial score (nSPS) is 14.3. The quantitative estimate of drug-likeness (QED) is 0.0205. The topological polar surface area (TPSA) is 111 Å². The van der Waals surface area contributed by atoms with E-state index in [9.17, 15) is 19.0 Å². The fourth-order valence-electron chi connectivity index (χ4n) is 8.48. The van der Waals surface area contributed by atoms with Crippen LogP contribution in [-0.4, -0.2) is 74.3 Å². The molecule has 0 heterocycles. The Labute approximate surface area is 463 Å². The van der Waals surface area contributed by atoms with Crippen LogP contribution in [0, 0.1) is 0 Å². The molecule has 0 aliphatic rings. The number of quaternary nitrogens is 1. The minimum atomic E-state index is -4.46. The van der Waals surface area contributed by atoms with Crippen LogP contribution in [0.1, 0.15) is 265 Å². The highest BCUT2D eigenvalue weighted by Crippen LogP contribution is 2.43. The minimum absolute atomic E-state index is 0.0309. The molecule has 0 aliphatic heterocycles. The molecular formula is C65H118N2O7P+. The fourth-order valence-corrected chi connectivity index (χ4v) is 9.22. The number of phosphoric ester groups is 1. The van der Waals surface area contributed by atoms with Crippen LogP contribution in [-0.2, 0) is 27.9 Å². The van der Waals surface area contributed by atoms with Crippen molar-refractivity contribution in [2.24, 2.45) is 0 Å². The van der Waals surface area contributed by atoms with Crippen molar-refractivity contribution in [1.29, 1.82) is 0 Å². The van der Waals surface area contributed by atoms with Gasteiger partial charge in [-0.15, -0.1) is 0 Å². The Bertz CT molecular complexity index is 1560. The van der Waals surface area contributed by atoms with Gasteiger partial charge in [0.05, 0.1) is 33.8 Å². The Morgan fingerprint density at radius 2 is 0.813 bits per heavy atom. The van der Waals surface area contributed by atoms with Gasteiger partial charge in [-0.2, -0.15) is 0 Å². The molecule has 2 N–H and O–H groups in total. The standard InChI is InChI=1S/C65H117N2O7P/c1-7-10-13-16-19-22-25-27-29-31-32-33-34-36-38-40-43-46-49-52-55-58-65(69)74-63(56-53-50-47-44-41-24-21-18-15-12-9-3)62(61-73-75(70,71)72-60-59-67(4,5)6)66-64(68)57-54-51-48-45-42-39-37-35-30-28-26-23-20-17-14-11-8-2/h19-20,22-23,27-30,32-33,37,39,53,56,62-63H,7-18,21,24-26,31,34-36,38,40-52,54-55,57-61H2,1-6H3,(H-,66,68,70,71)/p+1/b22-19-,23-20-,29-27-,30-28-,33-32-,39-37-,56-53+. The van der Waals surface area contributed by atoms with E-state index in [1.807, 2.05) is 33.3 Å². The number of likely N-dealkylation sites (N-methyl/N-ethyl adjacent to an activating group) is 1. The second-order valence-electron chi connectivity index (χ2n) is 21.9. The second-order valence-corrected chi connectivity index (χ2v) is 23.3. The fraction of sp³-hybridized carbons (Fsp3) is 0.754. The number of esters is 1. The maximum absolute atomic E-state index is 13.5. The van der Waals surface area contributed by atoms with Crippen LogP contribution in [0.15, 0.2) is 85.1 Å². The number of carbonyl (C=O) groups excluding carboxylic acids is 2. The smallest absolute Gasteiger partial charge is 0.456 e. The molecule has 0 aromatic carbocycles. The number of rotatable bonds is 55. The Hall–Kier alpha value is -2.81. The van der Waals surface area contributed by atoms with E-state index in [0.29, 0.717) is 17.4 Å². The first-order valence-corrected chi connectivity index (χ1v) is 32.4. The van der Waals surface area contributed by atoms with Crippen molar-refractivity contribution in [1.82, 2.24) is 5.32 Å². The van der Waals surface area contributed by atoms with Crippen molar-refractivity contribution in [3.8, 4) is 0 Å². The molecule has 10 heteroatoms. The molecule has 9 nitrogen and oxygen atoms in total. The molecule has 0 radical (unpaired) electrons. The number of carbonyl (C=O) groups is 2. The van der Waals surface area contributed by atoms with Crippen molar-refractivity contribution in [2.45, 2.75) is 277 Å². The maximum atomic E-state index is 13.5. The number of nitrogens with zero attached hydrogens (tertiary/aromatic N) is 1. The Morgan fingerprint density at radius 3 is 1.24 bits per heavy atom. The van der Waals surface area contributed by atoms with E-state index in [1.54, 1.807) is 0 Å². The van der Waals surface area contributed by atoms with Gasteiger partial charge in [-0.1, -0.05) is 228 Å². The van der Waals surface area contributed by atoms with E-state index in [2.05, 4.69) is 99.0 Å². The number of hydrogen-bond donors (Lipinski definition) is 2. The summed E-state index contributed by atoms with van der Waals surface area (Å²) >= 11 is 0. The Morgan fingerprint density at radius 1 is 0.467 bits per heavy atom. The van der Waals surface area contributed by atoms with E-state index >= 15 is 0 Å². The minimum Gasteiger partial charge on any atom is -0.456 e. The van der Waals surface area contributed by atoms with Crippen molar-refractivity contribution in [2.75, 3.05) is 40.9 Å². The summed E-state index contributed by atoms with van der Waals surface area (Å²) in [6.07, 6.45) is 71.5. The zero-order chi connectivity index (χ0) is 55.0. The summed E-state index contributed by atoms with van der Waals surface area (Å²) in [4.78, 5) is 37.7. The molecule has 0 spiro atoms. The van der Waals surface area contributed by atoms with Gasteiger partial charge in [0, 0.05) is 12.8 Å². The molecule has 75 heavy (non-hydrogen) atoms. The third kappa shape index (κ3) is 55.7. The van der Waals surface area contributed by atoms with Gasteiger partial charge in [0.25, 0.3) is 0 Å². The molecule has 0 aliphatic carbocycles. The summed E-state index contributed by atoms with van der Waals surface area (Å²) in [5.41, 5.74) is 0. The van der Waals surface area contributed by atoms with Gasteiger partial charge in [-0.05, 0) is 109 Å². The summed E-state index contributed by atoms with van der Waals surface area (Å²) in [5.74, 6) is -0.540. The molecule has 0 aromatic heterocycles. The van der Waals surface area contributed by atoms with Gasteiger partial charge in [-0.25, -0.2) is 4.57 Å². The zero-order valence-electron chi connectivity index (χ0n) is 49.5. The SMILES string of the molecule is CCCCC/C=C\C/C=C\C/C=C\CCCCCCCCCCC(=O)OC(/C=C/CCCCCCCCCCC)C(COP(=O)(O)OCC[N+](C)(C)C)NC(=O)CCCCCC/C=C\C/C=C\C/C=C\CCCCC. The Balaban J connectivity index is 5.27. The van der Waals surface area contributed by atoms with E-state index in [4.69, 9.17) is 13.8 Å². The van der Waals surface area contributed by atoms with E-state index in [1.165, 1.54) is 122 Å². The molecule has 0 bridgehead atoms. The number of allylic oxidation sites excluding steroid dienone is 13. The highest BCUT2D eigenvalue weighted by atomic mass is 31.2. The Kier molecular flexibility index (Phi) is 52.5. The maximum Gasteiger partial charge on any atom is 0.472 e. The second kappa shape index (κ2) is 54.5. The predicted molar refractivity (Wildman–Crippen MR) is 323 cm³/mol. The van der Waals surface area contributed by atoms with E-state index in [0.717, 1.165) is 109 Å². The zero-order valence-corrected chi connectivity index (χ0v) is 50.4. The van der Waals surface area contributed by atoms with Crippen molar-refractivity contribution in [3.05, 3.63) is 85.1 Å². The van der Waals surface area contributed by atoms with Gasteiger partial charge in [0.2, 0.25) is 5.91 Å². The lowest BCUT2D eigenvalue weighted by Gasteiger charge is -2.27. The molecule has 0 saturated carbocycles. The molecule has 434 valence electrons. The van der Waals surface area contributed by atoms with Crippen LogP contribution in [0.5, 0.6) is 0 Å². The highest BCUT2D eigenvalue weighted by Gasteiger charge is 2.30. The molecule has 0 rings (SSSR count). The number of hydrogen-bond acceptors (Lipinski definition) is 6. The van der Waals surface area contributed by atoms with E-state index < -0.39 is 20.0 Å². The summed E-state index contributed by atoms with van der Waals surface area (Å²) in [5, 5.41) is 3.04. The number of unbranched alkanes of at least 4 members (excludes halogenated alkanes) is 27. The van der Waals surface area contributed by atoms with Gasteiger partial charge < -0.3 is 19.4 Å². The van der Waals surface area contributed by atoms with Crippen LogP contribution in [0.25, 0.3) is 0 Å². The van der Waals surface area contributed by atoms with Crippen LogP contribution >= 0.6 is 7.82 Å². The number of ether oxygens (including phenoxy) is 1. The monoisotopic (exact) mass is 1070 g/mol. The summed E-state index contributed by atoms with van der Waals surface area (Å²) in [6, 6.07) is -0.867. The molecular weight excluding hydrogens is 952 g/mol. The first-order valence-electron chi connectivity index (χ1n) is 30.9. The molecule has 3 atom stereocenters. The van der Waals surface area contributed by atoms with Crippen molar-refractivity contribution >= 4 is 19.7 Å². The van der Waals surface area contributed by atoms with Gasteiger partial charge in [0.1, 0.15) is 19.3 Å². The van der Waals surface area contributed by atoms with Crippen molar-refractivity contribution in [3.63, 3.8) is 0 Å². The summed E-state index contributed by atoms with van der Waals surface area (Å²) in [6.45, 7) is 6.93. The van der Waals surface area contributed by atoms with Gasteiger partial charge in [-0.3, -0.25) is 18.6 Å². The molecule has 0 fully saturated rings. The number of nitrogens with one attached hydrogen (secondary N) is 1. The summed E-state index contributed by atoms with van der Waals surface area (Å²) in [7, 11) is 1.47. The van der Waals surface area contributed by atoms with Gasteiger partial charge in [0.15, 0.2) is 0 Å². The lowest BCUT2D eigenvalue weighted by atomic mass is 10.1. The highest BCUT2D eigenvalue weighted by molar-refractivity contribution is 7.47. The molecule has 0 saturated heterocycles.